The van der Waals surface area contributed by atoms with Gasteiger partial charge in [-0.3, -0.25) is 0 Å². The predicted octanol–water partition coefficient (Wildman–Crippen LogP) is 5.25. The van der Waals surface area contributed by atoms with Gasteiger partial charge in [0.05, 0.1) is 17.1 Å². The van der Waals surface area contributed by atoms with Crippen LogP contribution in [-0.4, -0.2) is 14.8 Å². The maximum Gasteiger partial charge on any atom is 0.0696 e. The molecule has 0 atom stereocenters. The predicted molar refractivity (Wildman–Crippen MR) is 102 cm³/mol. The van der Waals surface area contributed by atoms with E-state index in [-0.39, 0.29) is 0 Å². The molecule has 0 saturated carbocycles. The highest BCUT2D eigenvalue weighted by Crippen LogP contribution is 2.33. The molecule has 2 heterocycles. The van der Waals surface area contributed by atoms with Crippen molar-refractivity contribution in [3.63, 3.8) is 0 Å². The third-order valence-corrected chi connectivity index (χ3v) is 4.81. The first-order valence-corrected chi connectivity index (χ1v) is 8.56. The van der Waals surface area contributed by atoms with Crippen molar-refractivity contribution in [1.82, 2.24) is 14.8 Å². The first-order valence-electron chi connectivity index (χ1n) is 8.56. The van der Waals surface area contributed by atoms with E-state index >= 15 is 0 Å². The van der Waals surface area contributed by atoms with Crippen LogP contribution in [0.1, 0.15) is 47.2 Å². The number of rotatable bonds is 4. The minimum atomic E-state index is 0.984. The number of nitrogens with zero attached hydrogens (tertiary/aromatic N) is 3. The van der Waals surface area contributed by atoms with Gasteiger partial charge in [0.15, 0.2) is 0 Å². The van der Waals surface area contributed by atoms with Crippen molar-refractivity contribution in [2.24, 2.45) is 0 Å². The second-order valence-electron chi connectivity index (χ2n) is 6.47. The van der Waals surface area contributed by atoms with Crippen molar-refractivity contribution in [2.75, 3.05) is 0 Å². The number of hydrogen-bond acceptors (Lipinski definition) is 2. The van der Waals surface area contributed by atoms with E-state index in [1.54, 1.807) is 0 Å². The molecule has 3 heteroatoms. The molecule has 0 fully saturated rings. The zero-order valence-corrected chi connectivity index (χ0v) is 15.3. The highest BCUT2D eigenvalue weighted by atomic mass is 15.1. The van der Waals surface area contributed by atoms with Crippen molar-refractivity contribution in [1.29, 1.82) is 0 Å². The van der Waals surface area contributed by atoms with Crippen molar-refractivity contribution >= 4 is 16.8 Å². The Balaban J connectivity index is 2.33. The summed E-state index contributed by atoms with van der Waals surface area (Å²) in [4.78, 5) is 0. The summed E-state index contributed by atoms with van der Waals surface area (Å²) < 4.78 is 2.32. The van der Waals surface area contributed by atoms with Crippen molar-refractivity contribution in [3.05, 3.63) is 58.7 Å². The number of benzene rings is 1. The van der Waals surface area contributed by atoms with Gasteiger partial charge in [0.2, 0.25) is 0 Å². The van der Waals surface area contributed by atoms with E-state index in [2.05, 4.69) is 60.3 Å². The van der Waals surface area contributed by atoms with E-state index in [4.69, 9.17) is 0 Å². The molecule has 0 spiro atoms. The van der Waals surface area contributed by atoms with Crippen molar-refractivity contribution in [3.8, 4) is 5.69 Å². The highest BCUT2D eigenvalue weighted by molar-refractivity contribution is 5.92. The summed E-state index contributed by atoms with van der Waals surface area (Å²) in [7, 11) is 0. The summed E-state index contributed by atoms with van der Waals surface area (Å²) in [5.41, 5.74) is 8.10. The van der Waals surface area contributed by atoms with Gasteiger partial charge in [0, 0.05) is 22.2 Å². The van der Waals surface area contributed by atoms with Crippen LogP contribution >= 0.6 is 0 Å². The van der Waals surface area contributed by atoms with Crippen molar-refractivity contribution in [2.45, 2.75) is 47.5 Å². The van der Waals surface area contributed by atoms with Gasteiger partial charge in [0.25, 0.3) is 0 Å². The summed E-state index contributed by atoms with van der Waals surface area (Å²) >= 11 is 0. The lowest BCUT2D eigenvalue weighted by atomic mass is 10.0. The van der Waals surface area contributed by atoms with Crippen LogP contribution < -0.4 is 0 Å². The molecular formula is C21H25N3. The number of aryl methyl sites for hydroxylation is 5. The normalized spacial score (nSPS) is 11.2. The number of hydrogen-bond donors (Lipinski definition) is 0. The quantitative estimate of drug-likeness (QED) is 0.657. The minimum absolute atomic E-state index is 0.984. The van der Waals surface area contributed by atoms with E-state index < -0.39 is 0 Å². The fourth-order valence-electron chi connectivity index (χ4n) is 3.75. The molecule has 0 N–H and O–H groups in total. The largest absolute Gasteiger partial charge is 0.317 e. The van der Waals surface area contributed by atoms with E-state index in [9.17, 15) is 0 Å². The molecule has 3 aromatic rings. The van der Waals surface area contributed by atoms with E-state index in [1.807, 2.05) is 19.9 Å². The van der Waals surface area contributed by atoms with Crippen LogP contribution in [0.25, 0.3) is 22.5 Å². The van der Waals surface area contributed by atoms with Crippen LogP contribution in [0.3, 0.4) is 0 Å². The van der Waals surface area contributed by atoms with Gasteiger partial charge in [-0.15, -0.1) is 0 Å². The second-order valence-corrected chi connectivity index (χ2v) is 6.47. The van der Waals surface area contributed by atoms with E-state index in [1.165, 1.54) is 39.0 Å². The summed E-state index contributed by atoms with van der Waals surface area (Å²) in [6, 6.07) is 6.70. The smallest absolute Gasteiger partial charge is 0.0696 e. The Morgan fingerprint density at radius 2 is 1.58 bits per heavy atom. The summed E-state index contributed by atoms with van der Waals surface area (Å²) in [5.74, 6) is 0. The third-order valence-electron chi connectivity index (χ3n) is 4.81. The Morgan fingerprint density at radius 3 is 2.08 bits per heavy atom. The molecule has 0 aliphatic heterocycles. The Hall–Kier alpha value is -2.42. The Labute approximate surface area is 144 Å². The maximum absolute atomic E-state index is 4.31. The van der Waals surface area contributed by atoms with Crippen LogP contribution in [0.5, 0.6) is 0 Å². The van der Waals surface area contributed by atoms with Gasteiger partial charge in [-0.25, -0.2) is 0 Å². The van der Waals surface area contributed by atoms with Crippen molar-refractivity contribution < 1.29 is 0 Å². The average Bonchev–Trinajstić information content (AvgIpc) is 2.83. The lowest BCUT2D eigenvalue weighted by Crippen LogP contribution is -2.02. The molecule has 3 rings (SSSR count). The van der Waals surface area contributed by atoms with Crippen LogP contribution in [0.2, 0.25) is 0 Å². The topological polar surface area (TPSA) is 30.7 Å². The lowest BCUT2D eigenvalue weighted by Gasteiger charge is -2.14. The molecular weight excluding hydrogens is 294 g/mol. The standard InChI is InChI=1S/C21H25N3/c1-7-9-17-10-11-19(18(8-2)12-17)24-15(5)20-13(3)22-23-14(4)21(20)16(24)6/h8,10-12H,2,7,9H2,1,3-6H3. The fourth-order valence-corrected chi connectivity index (χ4v) is 3.75. The molecule has 24 heavy (non-hydrogen) atoms. The van der Waals surface area contributed by atoms with E-state index in [0.29, 0.717) is 0 Å². The molecule has 0 aliphatic carbocycles. The molecule has 0 bridgehead atoms. The van der Waals surface area contributed by atoms with Crippen LogP contribution in [0, 0.1) is 27.7 Å². The zero-order valence-electron chi connectivity index (χ0n) is 15.3. The molecule has 0 amide bonds. The van der Waals surface area contributed by atoms with Gasteiger partial charge >= 0.3 is 0 Å². The Kier molecular flexibility index (Phi) is 4.27. The van der Waals surface area contributed by atoms with Gasteiger partial charge in [-0.05, 0) is 57.4 Å². The Bertz CT molecular complexity index is 887. The number of aromatic nitrogens is 3. The highest BCUT2D eigenvalue weighted by Gasteiger charge is 2.18. The number of fused-ring (bicyclic) bond motifs is 1. The maximum atomic E-state index is 4.31. The molecule has 2 aromatic heterocycles. The van der Waals surface area contributed by atoms with Crippen LogP contribution in [0.15, 0.2) is 24.8 Å². The monoisotopic (exact) mass is 319 g/mol. The summed E-state index contributed by atoms with van der Waals surface area (Å²) in [5, 5.41) is 11.1. The second kappa shape index (κ2) is 6.23. The lowest BCUT2D eigenvalue weighted by molar-refractivity contribution is 0.915. The summed E-state index contributed by atoms with van der Waals surface area (Å²) in [6.45, 7) is 14.6. The minimum Gasteiger partial charge on any atom is -0.317 e. The molecule has 0 radical (unpaired) electrons. The third kappa shape index (κ3) is 2.44. The van der Waals surface area contributed by atoms with Gasteiger partial charge in [0.1, 0.15) is 0 Å². The molecule has 0 saturated heterocycles. The molecule has 3 nitrogen and oxygen atoms in total. The Morgan fingerprint density at radius 1 is 1.00 bits per heavy atom. The molecule has 1 aromatic carbocycles. The average molecular weight is 319 g/mol. The van der Waals surface area contributed by atoms with Crippen LogP contribution in [-0.2, 0) is 6.42 Å². The molecule has 0 aliphatic rings. The van der Waals surface area contributed by atoms with Gasteiger partial charge in [-0.1, -0.05) is 32.1 Å². The zero-order chi connectivity index (χ0) is 17.4. The van der Waals surface area contributed by atoms with Gasteiger partial charge in [-0.2, -0.15) is 10.2 Å². The molecule has 0 unspecified atom stereocenters. The molecule has 124 valence electrons. The first kappa shape index (κ1) is 16.4. The fraction of sp³-hybridized carbons (Fsp3) is 0.333. The van der Waals surface area contributed by atoms with Crippen LogP contribution in [0.4, 0.5) is 0 Å². The van der Waals surface area contributed by atoms with Gasteiger partial charge < -0.3 is 4.57 Å². The van der Waals surface area contributed by atoms with E-state index in [0.717, 1.165) is 24.2 Å². The summed E-state index contributed by atoms with van der Waals surface area (Å²) in [6.07, 6.45) is 4.20. The SMILES string of the molecule is C=Cc1cc(CCC)ccc1-n1c(C)c2c(C)nnc(C)c2c1C. The first-order chi connectivity index (χ1) is 11.5.